The molecule has 1 aliphatic heterocycles. The van der Waals surface area contributed by atoms with Gasteiger partial charge in [0.05, 0.1) is 11.6 Å². The van der Waals surface area contributed by atoms with Gasteiger partial charge >= 0.3 is 0 Å². The van der Waals surface area contributed by atoms with Crippen molar-refractivity contribution in [2.75, 3.05) is 31.1 Å². The Balaban J connectivity index is 1.43. The molecule has 3 aromatic rings. The molecule has 1 fully saturated rings. The number of thiophene rings is 1. The summed E-state index contributed by atoms with van der Waals surface area (Å²) < 4.78 is 5.27. The molecule has 1 atom stereocenters. The molecule has 0 radical (unpaired) electrons. The van der Waals surface area contributed by atoms with Crippen LogP contribution in [0.25, 0.3) is 10.2 Å². The van der Waals surface area contributed by atoms with Gasteiger partial charge in [-0.3, -0.25) is 4.79 Å². The maximum Gasteiger partial charge on any atom is 0.289 e. The van der Waals surface area contributed by atoms with Crippen LogP contribution in [0.1, 0.15) is 40.2 Å². The summed E-state index contributed by atoms with van der Waals surface area (Å²) in [5, 5.41) is 1.25. The average molecular weight is 397 g/mol. The van der Waals surface area contributed by atoms with Gasteiger partial charge in [-0.05, 0) is 49.8 Å². The van der Waals surface area contributed by atoms with Crippen LogP contribution in [0.2, 0.25) is 0 Å². The van der Waals surface area contributed by atoms with E-state index in [1.165, 1.54) is 22.2 Å². The van der Waals surface area contributed by atoms with Gasteiger partial charge in [-0.15, -0.1) is 11.3 Å². The number of hydrogen-bond donors (Lipinski definition) is 0. The quantitative estimate of drug-likeness (QED) is 0.661. The van der Waals surface area contributed by atoms with E-state index >= 15 is 0 Å². The highest BCUT2D eigenvalue weighted by molar-refractivity contribution is 7.19. The number of furan rings is 1. The Morgan fingerprint density at radius 1 is 1.25 bits per heavy atom. The van der Waals surface area contributed by atoms with Gasteiger partial charge in [-0.25, -0.2) is 9.97 Å². The Kier molecular flexibility index (Phi) is 4.34. The lowest BCUT2D eigenvalue weighted by Crippen LogP contribution is -2.49. The predicted molar refractivity (Wildman–Crippen MR) is 110 cm³/mol. The molecule has 1 aliphatic carbocycles. The van der Waals surface area contributed by atoms with E-state index < -0.39 is 0 Å². The molecule has 0 saturated carbocycles. The lowest BCUT2D eigenvalue weighted by molar-refractivity contribution is 0.0714. The molecule has 1 saturated heterocycles. The molecule has 0 N–H and O–H groups in total. The van der Waals surface area contributed by atoms with Crippen molar-refractivity contribution in [1.29, 1.82) is 0 Å². The molecule has 5 rings (SSSR count). The number of fused-ring (bicyclic) bond motifs is 3. The molecule has 28 heavy (non-hydrogen) atoms. The molecule has 3 aromatic heterocycles. The molecule has 0 bridgehead atoms. The Morgan fingerprint density at radius 3 is 2.82 bits per heavy atom. The van der Waals surface area contributed by atoms with Crippen molar-refractivity contribution in [3.63, 3.8) is 0 Å². The van der Waals surface area contributed by atoms with Crippen LogP contribution in [0, 0.1) is 12.8 Å². The largest absolute Gasteiger partial charge is 0.459 e. The zero-order valence-electron chi connectivity index (χ0n) is 16.3. The van der Waals surface area contributed by atoms with Gasteiger partial charge in [-0.1, -0.05) is 6.92 Å². The van der Waals surface area contributed by atoms with Gasteiger partial charge < -0.3 is 14.2 Å². The monoisotopic (exact) mass is 396 g/mol. The third kappa shape index (κ3) is 2.98. The summed E-state index contributed by atoms with van der Waals surface area (Å²) in [5.74, 6) is 3.00. The number of aromatic nitrogens is 2. The van der Waals surface area contributed by atoms with E-state index in [4.69, 9.17) is 14.4 Å². The summed E-state index contributed by atoms with van der Waals surface area (Å²) in [6, 6.07) is 3.48. The summed E-state index contributed by atoms with van der Waals surface area (Å²) in [6.45, 7) is 7.21. The first-order valence-corrected chi connectivity index (χ1v) is 10.8. The summed E-state index contributed by atoms with van der Waals surface area (Å²) >= 11 is 1.84. The molecule has 0 spiro atoms. The van der Waals surface area contributed by atoms with Crippen molar-refractivity contribution < 1.29 is 9.21 Å². The van der Waals surface area contributed by atoms with E-state index in [2.05, 4.69) is 11.8 Å². The molecular formula is C21H24N4O2S. The molecule has 2 aliphatic rings. The average Bonchev–Trinajstić information content (AvgIpc) is 3.34. The molecule has 1 amide bonds. The van der Waals surface area contributed by atoms with Crippen LogP contribution in [0.15, 0.2) is 22.8 Å². The van der Waals surface area contributed by atoms with Crippen LogP contribution >= 0.6 is 11.3 Å². The van der Waals surface area contributed by atoms with Crippen molar-refractivity contribution in [2.24, 2.45) is 5.92 Å². The lowest BCUT2D eigenvalue weighted by Gasteiger charge is -2.35. The van der Waals surface area contributed by atoms with E-state index in [1.807, 2.05) is 23.2 Å². The zero-order chi connectivity index (χ0) is 19.3. The van der Waals surface area contributed by atoms with Crippen molar-refractivity contribution in [1.82, 2.24) is 14.9 Å². The minimum atomic E-state index is -0.0319. The Morgan fingerprint density at radius 2 is 2.07 bits per heavy atom. The number of rotatable bonds is 2. The third-order valence-corrected chi connectivity index (χ3v) is 6.99. The van der Waals surface area contributed by atoms with Gasteiger partial charge in [0.2, 0.25) is 0 Å². The number of hydrogen-bond acceptors (Lipinski definition) is 6. The summed E-state index contributed by atoms with van der Waals surface area (Å²) in [4.78, 5) is 28.9. The van der Waals surface area contributed by atoms with Crippen LogP contribution in [-0.4, -0.2) is 47.0 Å². The lowest BCUT2D eigenvalue weighted by atomic mass is 9.89. The summed E-state index contributed by atoms with van der Waals surface area (Å²) in [5.41, 5.74) is 1.46. The van der Waals surface area contributed by atoms with Crippen LogP contribution in [0.3, 0.4) is 0 Å². The number of amides is 1. The number of carbonyl (C=O) groups excluding carboxylic acids is 1. The maximum atomic E-state index is 12.5. The summed E-state index contributed by atoms with van der Waals surface area (Å²) in [6.07, 6.45) is 5.05. The van der Waals surface area contributed by atoms with Crippen molar-refractivity contribution in [3.8, 4) is 0 Å². The molecular weight excluding hydrogens is 372 g/mol. The topological polar surface area (TPSA) is 62.5 Å². The van der Waals surface area contributed by atoms with E-state index in [-0.39, 0.29) is 5.91 Å². The van der Waals surface area contributed by atoms with Crippen LogP contribution in [0.4, 0.5) is 5.82 Å². The highest BCUT2D eigenvalue weighted by atomic mass is 32.1. The predicted octanol–water partition coefficient (Wildman–Crippen LogP) is 3.68. The third-order valence-electron chi connectivity index (χ3n) is 5.85. The second kappa shape index (κ2) is 6.88. The number of anilines is 1. The smallest absolute Gasteiger partial charge is 0.289 e. The maximum absolute atomic E-state index is 12.5. The van der Waals surface area contributed by atoms with E-state index in [9.17, 15) is 4.79 Å². The van der Waals surface area contributed by atoms with E-state index in [0.717, 1.165) is 48.3 Å². The molecule has 146 valence electrons. The van der Waals surface area contributed by atoms with Crippen molar-refractivity contribution in [2.45, 2.75) is 33.1 Å². The number of piperazine rings is 1. The SMILES string of the molecule is Cc1nc(N2CCN(C(=O)c3ccco3)CC2)c2c3c(sc2n1)C[C@H](C)CC3. The van der Waals surface area contributed by atoms with Gasteiger partial charge in [0.25, 0.3) is 5.91 Å². The standard InChI is InChI=1S/C21H24N4O2S/c1-13-5-6-15-17(12-13)28-20-18(15)19(22-14(2)23-20)24-7-9-25(10-8-24)21(26)16-4-3-11-27-16/h3-4,11,13H,5-10,12H2,1-2H3/t13-/m1/s1. The van der Waals surface area contributed by atoms with E-state index in [1.54, 1.807) is 18.4 Å². The van der Waals surface area contributed by atoms with Gasteiger partial charge in [0.1, 0.15) is 16.5 Å². The normalized spacial score (nSPS) is 19.9. The Labute approximate surface area is 168 Å². The minimum absolute atomic E-state index is 0.0319. The summed E-state index contributed by atoms with van der Waals surface area (Å²) in [7, 11) is 0. The Bertz CT molecular complexity index is 1020. The van der Waals surface area contributed by atoms with Gasteiger partial charge in [-0.2, -0.15) is 0 Å². The highest BCUT2D eigenvalue weighted by Crippen LogP contribution is 2.41. The van der Waals surface area contributed by atoms with Gasteiger partial charge in [0, 0.05) is 31.1 Å². The van der Waals surface area contributed by atoms with Crippen LogP contribution < -0.4 is 4.90 Å². The first kappa shape index (κ1) is 17.7. The second-order valence-corrected chi connectivity index (χ2v) is 8.97. The molecule has 0 unspecified atom stereocenters. The fourth-order valence-electron chi connectivity index (χ4n) is 4.33. The molecule has 6 nitrogen and oxygen atoms in total. The molecule has 0 aromatic carbocycles. The van der Waals surface area contributed by atoms with Crippen LogP contribution in [0.5, 0.6) is 0 Å². The first-order valence-electron chi connectivity index (χ1n) is 9.97. The fraction of sp³-hybridized carbons (Fsp3) is 0.476. The van der Waals surface area contributed by atoms with Gasteiger partial charge in [0.15, 0.2) is 5.76 Å². The minimum Gasteiger partial charge on any atom is -0.459 e. The number of nitrogens with zero attached hydrogens (tertiary/aromatic N) is 4. The molecule has 4 heterocycles. The fourth-order valence-corrected chi connectivity index (χ4v) is 5.76. The van der Waals surface area contributed by atoms with Crippen molar-refractivity contribution in [3.05, 3.63) is 40.4 Å². The molecule has 7 heteroatoms. The van der Waals surface area contributed by atoms with Crippen LogP contribution in [-0.2, 0) is 12.8 Å². The zero-order valence-corrected chi connectivity index (χ0v) is 17.1. The second-order valence-electron chi connectivity index (χ2n) is 7.88. The van der Waals surface area contributed by atoms with Crippen molar-refractivity contribution >= 4 is 33.3 Å². The first-order chi connectivity index (χ1) is 13.6. The highest BCUT2D eigenvalue weighted by Gasteiger charge is 2.29. The Hall–Kier alpha value is -2.41. The number of carbonyl (C=O) groups is 1. The number of aryl methyl sites for hydroxylation is 2. The van der Waals surface area contributed by atoms with E-state index in [0.29, 0.717) is 18.8 Å².